The SMILES string of the molecule is CCN(CC)c1ccc(CN[C@H](C)[C@@H](O)c2ccccc2)cc1. The highest BCUT2D eigenvalue weighted by Gasteiger charge is 2.15. The lowest BCUT2D eigenvalue weighted by atomic mass is 10.0. The zero-order chi connectivity index (χ0) is 16.7. The van der Waals surface area contributed by atoms with E-state index in [9.17, 15) is 5.11 Å². The van der Waals surface area contributed by atoms with Crippen molar-refractivity contribution >= 4 is 5.69 Å². The topological polar surface area (TPSA) is 35.5 Å². The van der Waals surface area contributed by atoms with Crippen molar-refractivity contribution in [2.75, 3.05) is 18.0 Å². The first-order valence-corrected chi connectivity index (χ1v) is 8.46. The molecule has 0 heterocycles. The molecule has 0 fully saturated rings. The van der Waals surface area contributed by atoms with E-state index in [1.54, 1.807) is 0 Å². The molecule has 0 bridgehead atoms. The highest BCUT2D eigenvalue weighted by molar-refractivity contribution is 5.47. The summed E-state index contributed by atoms with van der Waals surface area (Å²) in [6, 6.07) is 18.4. The van der Waals surface area contributed by atoms with Crippen molar-refractivity contribution in [3.8, 4) is 0 Å². The van der Waals surface area contributed by atoms with Gasteiger partial charge in [0.2, 0.25) is 0 Å². The van der Waals surface area contributed by atoms with E-state index in [4.69, 9.17) is 0 Å². The second-order valence-corrected chi connectivity index (χ2v) is 5.86. The third-order valence-corrected chi connectivity index (χ3v) is 4.31. The number of aliphatic hydroxyl groups excluding tert-OH is 1. The van der Waals surface area contributed by atoms with Gasteiger partial charge in [-0.2, -0.15) is 0 Å². The van der Waals surface area contributed by atoms with Crippen molar-refractivity contribution in [1.82, 2.24) is 5.32 Å². The quantitative estimate of drug-likeness (QED) is 0.779. The van der Waals surface area contributed by atoms with Crippen LogP contribution in [0.25, 0.3) is 0 Å². The molecule has 0 spiro atoms. The molecule has 0 aliphatic rings. The zero-order valence-electron chi connectivity index (χ0n) is 14.4. The minimum atomic E-state index is -0.494. The fraction of sp³-hybridized carbons (Fsp3) is 0.400. The van der Waals surface area contributed by atoms with Gasteiger partial charge in [0.1, 0.15) is 0 Å². The molecular weight excluding hydrogens is 284 g/mol. The first-order chi connectivity index (χ1) is 11.2. The maximum atomic E-state index is 10.4. The van der Waals surface area contributed by atoms with Crippen LogP contribution in [0.1, 0.15) is 38.0 Å². The van der Waals surface area contributed by atoms with E-state index in [0.29, 0.717) is 0 Å². The Balaban J connectivity index is 1.90. The first kappa shape index (κ1) is 17.5. The Hall–Kier alpha value is -1.84. The summed E-state index contributed by atoms with van der Waals surface area (Å²) < 4.78 is 0. The van der Waals surface area contributed by atoms with Crippen LogP contribution >= 0.6 is 0 Å². The predicted octanol–water partition coefficient (Wildman–Crippen LogP) is 3.74. The number of hydrogen-bond acceptors (Lipinski definition) is 3. The second kappa shape index (κ2) is 8.70. The van der Waals surface area contributed by atoms with Crippen molar-refractivity contribution < 1.29 is 5.11 Å². The summed E-state index contributed by atoms with van der Waals surface area (Å²) >= 11 is 0. The van der Waals surface area contributed by atoms with Gasteiger partial charge in [-0.3, -0.25) is 0 Å². The number of rotatable bonds is 8. The Bertz CT molecular complexity index is 564. The van der Waals surface area contributed by atoms with Crippen molar-refractivity contribution in [3.05, 3.63) is 65.7 Å². The third-order valence-electron chi connectivity index (χ3n) is 4.31. The standard InChI is InChI=1S/C20H28N2O/c1-4-22(5-2)19-13-11-17(12-14-19)15-21-16(3)20(23)18-9-7-6-8-10-18/h6-14,16,20-21,23H,4-5,15H2,1-3H3/t16-,20-/m1/s1. The Morgan fingerprint density at radius 1 is 0.957 bits per heavy atom. The molecule has 0 unspecified atom stereocenters. The van der Waals surface area contributed by atoms with Crippen molar-refractivity contribution in [1.29, 1.82) is 0 Å². The van der Waals surface area contributed by atoms with Crippen LogP contribution in [0.15, 0.2) is 54.6 Å². The molecular formula is C20H28N2O. The van der Waals surface area contributed by atoms with Gasteiger partial charge in [0.25, 0.3) is 0 Å². The van der Waals surface area contributed by atoms with Crippen LogP contribution in [-0.2, 0) is 6.54 Å². The lowest BCUT2D eigenvalue weighted by Gasteiger charge is -2.22. The smallest absolute Gasteiger partial charge is 0.0940 e. The monoisotopic (exact) mass is 312 g/mol. The zero-order valence-corrected chi connectivity index (χ0v) is 14.4. The summed E-state index contributed by atoms with van der Waals surface area (Å²) in [5.41, 5.74) is 3.44. The molecule has 2 aromatic rings. The van der Waals surface area contributed by atoms with Gasteiger partial charge in [0.15, 0.2) is 0 Å². The van der Waals surface area contributed by atoms with E-state index in [-0.39, 0.29) is 6.04 Å². The molecule has 0 aliphatic carbocycles. The van der Waals surface area contributed by atoms with Crippen molar-refractivity contribution in [2.24, 2.45) is 0 Å². The molecule has 0 amide bonds. The molecule has 23 heavy (non-hydrogen) atoms. The fourth-order valence-electron chi connectivity index (χ4n) is 2.74. The number of benzene rings is 2. The van der Waals surface area contributed by atoms with E-state index < -0.39 is 6.10 Å². The average Bonchev–Trinajstić information content (AvgIpc) is 2.62. The van der Waals surface area contributed by atoms with Gasteiger partial charge in [0.05, 0.1) is 6.10 Å². The lowest BCUT2D eigenvalue weighted by molar-refractivity contribution is 0.135. The Morgan fingerprint density at radius 2 is 1.57 bits per heavy atom. The highest BCUT2D eigenvalue weighted by atomic mass is 16.3. The normalized spacial score (nSPS) is 13.6. The van der Waals surface area contributed by atoms with Gasteiger partial charge >= 0.3 is 0 Å². The molecule has 0 saturated heterocycles. The van der Waals surface area contributed by atoms with Gasteiger partial charge in [-0.15, -0.1) is 0 Å². The highest BCUT2D eigenvalue weighted by Crippen LogP contribution is 2.18. The van der Waals surface area contributed by atoms with Crippen molar-refractivity contribution in [3.63, 3.8) is 0 Å². The Labute approximate surface area is 140 Å². The molecule has 0 aliphatic heterocycles. The van der Waals surface area contributed by atoms with Crippen LogP contribution in [0, 0.1) is 0 Å². The summed E-state index contributed by atoms with van der Waals surface area (Å²) in [6.45, 7) is 9.16. The first-order valence-electron chi connectivity index (χ1n) is 8.46. The maximum absolute atomic E-state index is 10.4. The average molecular weight is 312 g/mol. The summed E-state index contributed by atoms with van der Waals surface area (Å²) in [7, 11) is 0. The molecule has 3 nitrogen and oxygen atoms in total. The van der Waals surface area contributed by atoms with E-state index in [1.165, 1.54) is 11.3 Å². The number of aliphatic hydroxyl groups is 1. The number of hydrogen-bond donors (Lipinski definition) is 2. The van der Waals surface area contributed by atoms with E-state index in [2.05, 4.69) is 48.3 Å². The van der Waals surface area contributed by atoms with Gasteiger partial charge in [-0.25, -0.2) is 0 Å². The van der Waals surface area contributed by atoms with Crippen LogP contribution in [0.4, 0.5) is 5.69 Å². The van der Waals surface area contributed by atoms with E-state index in [0.717, 1.165) is 25.2 Å². The molecule has 2 N–H and O–H groups in total. The minimum Gasteiger partial charge on any atom is -0.387 e. The molecule has 3 heteroatoms. The Kier molecular flexibility index (Phi) is 6.63. The van der Waals surface area contributed by atoms with Crippen LogP contribution in [0.2, 0.25) is 0 Å². The maximum Gasteiger partial charge on any atom is 0.0940 e. The van der Waals surface area contributed by atoms with Gasteiger partial charge in [0, 0.05) is 31.4 Å². The largest absolute Gasteiger partial charge is 0.387 e. The molecule has 2 aromatic carbocycles. The second-order valence-electron chi connectivity index (χ2n) is 5.86. The van der Waals surface area contributed by atoms with Crippen molar-refractivity contribution in [2.45, 2.75) is 39.5 Å². The van der Waals surface area contributed by atoms with Gasteiger partial charge in [-0.05, 0) is 44.0 Å². The van der Waals surface area contributed by atoms with Crippen LogP contribution < -0.4 is 10.2 Å². The summed E-state index contributed by atoms with van der Waals surface area (Å²) in [4.78, 5) is 2.33. The number of nitrogens with zero attached hydrogens (tertiary/aromatic N) is 1. The number of nitrogens with one attached hydrogen (secondary N) is 1. The summed E-state index contributed by atoms with van der Waals surface area (Å²) in [5, 5.41) is 13.8. The molecule has 0 aromatic heterocycles. The summed E-state index contributed by atoms with van der Waals surface area (Å²) in [5.74, 6) is 0. The van der Waals surface area contributed by atoms with E-state index in [1.807, 2.05) is 37.3 Å². The van der Waals surface area contributed by atoms with E-state index >= 15 is 0 Å². The molecule has 0 radical (unpaired) electrons. The predicted molar refractivity (Wildman–Crippen MR) is 97.7 cm³/mol. The van der Waals surface area contributed by atoms with Crippen LogP contribution in [0.5, 0.6) is 0 Å². The fourth-order valence-corrected chi connectivity index (χ4v) is 2.74. The van der Waals surface area contributed by atoms with Gasteiger partial charge < -0.3 is 15.3 Å². The molecule has 0 saturated carbocycles. The van der Waals surface area contributed by atoms with Crippen LogP contribution in [-0.4, -0.2) is 24.2 Å². The third kappa shape index (κ3) is 4.81. The minimum absolute atomic E-state index is 0.000131. The van der Waals surface area contributed by atoms with Gasteiger partial charge in [-0.1, -0.05) is 42.5 Å². The van der Waals surface area contributed by atoms with Crippen LogP contribution in [0.3, 0.4) is 0 Å². The Morgan fingerprint density at radius 3 is 2.13 bits per heavy atom. The molecule has 124 valence electrons. The summed E-state index contributed by atoms with van der Waals surface area (Å²) in [6.07, 6.45) is -0.494. The molecule has 2 atom stereocenters. The number of anilines is 1. The lowest BCUT2D eigenvalue weighted by Crippen LogP contribution is -2.31. The molecule has 2 rings (SSSR count).